The van der Waals surface area contributed by atoms with Gasteiger partial charge in [-0.05, 0) is 137 Å². The molecule has 50 heteroatoms. The molecule has 782 valence electrons. The van der Waals surface area contributed by atoms with Gasteiger partial charge < -0.3 is 73.9 Å². The number of aromatic nitrogens is 16. The molecule has 2 saturated heterocycles. The summed E-state index contributed by atoms with van der Waals surface area (Å²) in [7, 11) is -0.966. The molecule has 7 amide bonds. The van der Waals surface area contributed by atoms with E-state index in [4.69, 9.17) is 77.7 Å². The number of primary amides is 4. The van der Waals surface area contributed by atoms with E-state index in [-0.39, 0.29) is 105 Å². The molecule has 0 saturated carbocycles. The molecule has 0 unspecified atom stereocenters. The lowest BCUT2D eigenvalue weighted by Gasteiger charge is -2.24. The number of alkyl halides is 3. The normalized spacial score (nSPS) is 13.7. The zero-order chi connectivity index (χ0) is 108. The lowest BCUT2D eigenvalue weighted by molar-refractivity contribution is -0.156. The number of anilines is 2. The van der Waals surface area contributed by atoms with Crippen LogP contribution in [0.4, 0.5) is 33.3 Å². The van der Waals surface area contributed by atoms with Crippen LogP contribution in [-0.4, -0.2) is 227 Å². The number of aliphatic carboxylic acids is 1. The van der Waals surface area contributed by atoms with E-state index >= 15 is 4.39 Å². The summed E-state index contributed by atoms with van der Waals surface area (Å²) in [6, 6.07) is 41.9. The predicted molar refractivity (Wildman–Crippen MR) is 557 cm³/mol. The van der Waals surface area contributed by atoms with Crippen LogP contribution in [-0.2, 0) is 64.4 Å². The van der Waals surface area contributed by atoms with Crippen molar-refractivity contribution < 1.29 is 101 Å². The summed E-state index contributed by atoms with van der Waals surface area (Å²) >= 11 is 15.7. The highest BCUT2D eigenvalue weighted by atomic mass is 79.9. The standard InChI is InChI=1S/C31H24ClF2N7O3.C18H19N5O3.C17H15ClF2N2O.C14H16BrN3O3.C14H11N5O3.C4H5BN2O2.CH3F.CH4.ClH.H2O/c32-23-6-2-1-4-20(23)21-5-3-7-24(28(21)34)38-31(44)26-11-19(33)14-40(26)27(42)15-41-25-9-8-17(18-12-36-16-37-13-18)10-22(25)29(39-41)30(35)43;1-18(2,3)26-15(24)9-23-14-5-4-11(12-7-20-10-21-8-12)6-13(14)16(22-23)17(19)25;18-13-6-2-1-4-11(13)12-5-3-7-14(16(12)20)22-17(23)15-8-10(19)9-21-15;1-14(2,3)21-11(19)7-18-10-5-4-8(15)6-9(10)12(17-18)13(16)20;15-14(22)13-10-3-8(9-4-16-7-17-5-9)1-2-11(10)19(18-13)6-12(20)21;8-5(9)4-1-6-3-7-2-4;1-2;;;/h1-10,12-13,16,19,26H,11,14-15H2,(H2,35,43)(H,38,44);4-8,10H,9H2,1-3H3,(H2,19,25);1-7,10,15,21H,8-9H2,(H,22,23);4-6H,7H2,1-3H3,(H2,16,20);1-5,7H,6H2,(H2,15,22)(H,20,21);1-3,8-9H;1H3;1H4;1H;1H2/t19-,26+;;10-,15+;;;;;;;/m1.1......./s1/i/hD. The highest BCUT2D eigenvalue weighted by Gasteiger charge is 2.41. The predicted octanol–water partition coefficient (Wildman–Crippen LogP) is 12.2. The van der Waals surface area contributed by atoms with Gasteiger partial charge >= 0.3 is 25.0 Å². The van der Waals surface area contributed by atoms with Gasteiger partial charge in [-0.3, -0.25) is 71.1 Å². The molecule has 0 bridgehead atoms. The van der Waals surface area contributed by atoms with Crippen molar-refractivity contribution >= 4 is 178 Å². The number of hydrogen-bond donors (Lipinski definition) is 10. The molecule has 150 heavy (non-hydrogen) atoms. The molecule has 8 aromatic carbocycles. The number of carbonyl (C=O) groups is 10. The number of halogens is 9. The molecule has 0 aliphatic carbocycles. The minimum Gasteiger partial charge on any atom is -0.480 e. The minimum absolute atomic E-state index is 0. The van der Waals surface area contributed by atoms with Crippen LogP contribution < -0.4 is 44.3 Å². The van der Waals surface area contributed by atoms with Gasteiger partial charge in [-0.2, -0.15) is 20.4 Å². The van der Waals surface area contributed by atoms with Crippen molar-refractivity contribution in [2.75, 3.05) is 30.9 Å². The average molecular weight is 2190 g/mol. The Hall–Kier alpha value is -16.4. The smallest absolute Gasteiger partial charge is 0.480 e. The molecule has 2 aliphatic rings. The molecule has 16 N–H and O–H groups in total. The monoisotopic (exact) mass is 2180 g/mol. The lowest BCUT2D eigenvalue weighted by Crippen LogP contribution is -2.44. The van der Waals surface area contributed by atoms with E-state index in [9.17, 15) is 65.5 Å². The van der Waals surface area contributed by atoms with Crippen molar-refractivity contribution in [3.63, 3.8) is 0 Å². The number of fused-ring (bicyclic) bond motifs is 4. The van der Waals surface area contributed by atoms with Gasteiger partial charge in [-0.1, -0.05) is 125 Å². The maximum absolute atomic E-state index is 15.5. The number of nitrogens with one attached hydrogen (secondary N) is 3. The average Bonchev–Trinajstić information content (AvgIpc) is 1.76. The van der Waals surface area contributed by atoms with Gasteiger partial charge in [0.1, 0.15) is 81.1 Å². The van der Waals surface area contributed by atoms with Crippen molar-refractivity contribution in [2.24, 2.45) is 22.9 Å². The Balaban J connectivity index is 0.000000208. The number of ether oxygens (including phenoxy) is 2. The van der Waals surface area contributed by atoms with E-state index in [1.165, 1.54) is 74.6 Å². The number of rotatable bonds is 22. The third-order valence-corrected chi connectivity index (χ3v) is 22.7. The molecule has 2 fully saturated rings. The number of likely N-dealkylation sites (tertiary alicyclic amines) is 1. The van der Waals surface area contributed by atoms with Gasteiger partial charge in [0.2, 0.25) is 19.2 Å². The van der Waals surface area contributed by atoms with Crippen LogP contribution in [0.2, 0.25) is 10.0 Å². The fraction of sp³-hybridized carbons (Fsp3) is 0.220. The summed E-state index contributed by atoms with van der Waals surface area (Å²) in [6.07, 6.45) is 15.4. The summed E-state index contributed by atoms with van der Waals surface area (Å²) in [6.45, 7) is 9.59. The number of nitrogens with zero attached hydrogens (tertiary/aromatic N) is 17. The molecule has 0 radical (unpaired) electrons. The first-order valence-electron chi connectivity index (χ1n) is 44.8. The van der Waals surface area contributed by atoms with Crippen LogP contribution >= 0.6 is 51.5 Å². The largest absolute Gasteiger partial charge is 0.491 e. The van der Waals surface area contributed by atoms with Crippen LogP contribution in [0, 0.1) is 11.6 Å². The van der Waals surface area contributed by atoms with Gasteiger partial charge in [-0.25, -0.2) is 57.4 Å². The van der Waals surface area contributed by atoms with E-state index in [2.05, 4.69) is 92.1 Å². The fourth-order valence-corrected chi connectivity index (χ4v) is 16.1. The Kier molecular flexibility index (Phi) is 40.6. The molecule has 16 aromatic rings. The number of carboxylic acid groups (broad SMARTS) is 1. The molecule has 40 nitrogen and oxygen atoms in total. The maximum Gasteiger partial charge on any atom is 0.491 e. The van der Waals surface area contributed by atoms with E-state index in [1.807, 2.05) is 6.07 Å². The maximum atomic E-state index is 15.5. The third-order valence-electron chi connectivity index (χ3n) is 21.5. The minimum atomic E-state index is -1.47. The molecule has 8 aromatic heterocycles. The number of benzene rings is 8. The molecule has 4 atom stereocenters. The molecule has 0 spiro atoms. The van der Waals surface area contributed by atoms with Crippen molar-refractivity contribution in [3.05, 3.63) is 282 Å². The second-order valence-electron chi connectivity index (χ2n) is 34.3. The Morgan fingerprint density at radius 2 is 0.813 bits per heavy atom. The highest BCUT2D eigenvalue weighted by Crippen LogP contribution is 2.38. The first kappa shape index (κ1) is 115. The topological polar surface area (TPSA) is 599 Å². The number of amides is 7. The number of carboxylic acids is 1. The Morgan fingerprint density at radius 1 is 0.473 bits per heavy atom. The number of esters is 2. The lowest BCUT2D eigenvalue weighted by atomic mass is 9.83. The van der Waals surface area contributed by atoms with Crippen LogP contribution in [0.15, 0.2) is 237 Å². The highest BCUT2D eigenvalue weighted by molar-refractivity contribution is 9.10. The van der Waals surface area contributed by atoms with Crippen LogP contribution in [0.1, 0.15) is 105 Å². The zero-order valence-electron chi connectivity index (χ0n) is 81.0. The summed E-state index contributed by atoms with van der Waals surface area (Å²) in [4.78, 5) is 153. The summed E-state index contributed by atoms with van der Waals surface area (Å²) in [5, 5.41) is 53.1. The molecule has 18 rings (SSSR count). The third kappa shape index (κ3) is 30.2. The SMILES string of the molecule is C.CC(C)(C)OC(=O)Cn1nc(C(N)=O)c2cc(-c3cncnc3)ccc21.CC(C)(C)OC(=O)Cn1nc(C(N)=O)c2cc(Br)ccc21.CF.Cl.NC(=O)c1nn(CC(=O)N2C[C@H](F)C[C@H]2C(=O)Nc2cccc(-c3ccccc3Cl)c2F)c2ccc(-c3cncnc3)cc12.NC(=O)c1nn(CC(=O)O)c2ccc(-c3cncnc3)cc12.O=C(Nc1cccc(-c2ccccc2Cl)c1F)[C@@H]1C[C@@H](F)CN1.OB(O)c1cncnc1.[2H]O. The molecular formula is C100H100BBrCl3F5N24O16. The van der Waals surface area contributed by atoms with E-state index in [0.717, 1.165) is 31.6 Å². The van der Waals surface area contributed by atoms with Crippen LogP contribution in [0.3, 0.4) is 0 Å². The quantitative estimate of drug-likeness (QED) is 0.0171. The molecule has 10 heterocycles. The Labute approximate surface area is 878 Å². The van der Waals surface area contributed by atoms with Gasteiger partial charge in [-0.15, -0.1) is 12.4 Å². The summed E-state index contributed by atoms with van der Waals surface area (Å²) < 4.78 is 89.0. The summed E-state index contributed by atoms with van der Waals surface area (Å²) in [5.74, 6) is -7.83. The van der Waals surface area contributed by atoms with Gasteiger partial charge in [0, 0.05) is 149 Å². The fourth-order valence-electron chi connectivity index (χ4n) is 15.2. The van der Waals surface area contributed by atoms with Gasteiger partial charge in [0.05, 0.1) is 53.2 Å². The van der Waals surface area contributed by atoms with Crippen molar-refractivity contribution in [3.8, 4) is 55.6 Å². The second kappa shape index (κ2) is 52.8. The second-order valence-corrected chi connectivity index (χ2v) is 36.0. The first-order chi connectivity index (χ1) is 71.0. The number of nitrogens with two attached hydrogens (primary N) is 4. The Bertz CT molecular complexity index is 7570. The number of carbonyl (C=O) groups excluding carboxylic acids is 9. The van der Waals surface area contributed by atoms with Gasteiger partial charge in [0.25, 0.3) is 23.6 Å². The van der Waals surface area contributed by atoms with Crippen LogP contribution in [0.5, 0.6) is 0 Å². The van der Waals surface area contributed by atoms with E-state index in [1.54, 1.807) is 212 Å². The molecular weight excluding hydrogens is 2090 g/mol. The van der Waals surface area contributed by atoms with E-state index in [0.29, 0.717) is 94.1 Å². The van der Waals surface area contributed by atoms with E-state index < -0.39 is 120 Å². The molecule has 2 aliphatic heterocycles. The first-order valence-corrected chi connectivity index (χ1v) is 45.9. The van der Waals surface area contributed by atoms with Gasteiger partial charge in [0.15, 0.2) is 34.4 Å². The van der Waals surface area contributed by atoms with Crippen molar-refractivity contribution in [1.29, 1.82) is 0 Å². The zero-order valence-corrected chi connectivity index (χ0v) is 83.9. The number of hydrogen-bond acceptors (Lipinski definition) is 27. The Morgan fingerprint density at radius 3 is 1.15 bits per heavy atom. The van der Waals surface area contributed by atoms with Crippen molar-refractivity contribution in [2.45, 2.75) is 124 Å². The van der Waals surface area contributed by atoms with Crippen LogP contribution in [0.25, 0.3) is 99.2 Å². The van der Waals surface area contributed by atoms with Crippen molar-refractivity contribution in [1.82, 2.24) is 89.2 Å². The summed E-state index contributed by atoms with van der Waals surface area (Å²) in [5.41, 5.74) is 35.5.